The number of nitrogens with zero attached hydrogens (tertiary/aromatic N) is 7. The topological polar surface area (TPSA) is 119 Å². The molecular formula is C20H23N7O3. The van der Waals surface area contributed by atoms with Crippen molar-refractivity contribution >= 4 is 17.6 Å². The molecule has 3 rings (SSSR count). The Morgan fingerprint density at radius 1 is 1.20 bits per heavy atom. The van der Waals surface area contributed by atoms with Gasteiger partial charge < -0.3 is 9.94 Å². The molecule has 30 heavy (non-hydrogen) atoms. The number of benzene rings is 1. The van der Waals surface area contributed by atoms with Gasteiger partial charge >= 0.3 is 6.09 Å². The first-order chi connectivity index (χ1) is 14.5. The number of pyridine rings is 1. The monoisotopic (exact) mass is 409 g/mol. The van der Waals surface area contributed by atoms with Crippen LogP contribution in [-0.2, 0) is 18.5 Å². The van der Waals surface area contributed by atoms with E-state index in [1.807, 2.05) is 44.2 Å². The number of anilines is 1. The Labute approximate surface area is 173 Å². The summed E-state index contributed by atoms with van der Waals surface area (Å²) in [5, 5.41) is 25.2. The highest BCUT2D eigenvalue weighted by Crippen LogP contribution is 2.15. The van der Waals surface area contributed by atoms with Crippen LogP contribution in [0.4, 0.5) is 10.6 Å². The molecule has 1 N–H and O–H groups in total. The van der Waals surface area contributed by atoms with Gasteiger partial charge in [-0.25, -0.2) is 14.5 Å². The lowest BCUT2D eigenvalue weighted by atomic mass is 10.1. The van der Waals surface area contributed by atoms with E-state index in [0.29, 0.717) is 29.6 Å². The Hall–Kier alpha value is -3.82. The van der Waals surface area contributed by atoms with Crippen molar-refractivity contribution in [3.63, 3.8) is 0 Å². The first-order valence-corrected chi connectivity index (χ1v) is 9.40. The van der Waals surface area contributed by atoms with E-state index < -0.39 is 6.09 Å². The molecule has 2 heterocycles. The minimum absolute atomic E-state index is 0.0601. The summed E-state index contributed by atoms with van der Waals surface area (Å²) in [6, 6.07) is 14.6. The number of carbonyl (C=O) groups is 1. The molecule has 2 aromatic heterocycles. The molecule has 0 unspecified atom stereocenters. The number of carboxylic acid groups (broad SMARTS) is 1. The second-order valence-corrected chi connectivity index (χ2v) is 6.98. The van der Waals surface area contributed by atoms with Crippen LogP contribution in [-0.4, -0.2) is 48.6 Å². The van der Waals surface area contributed by atoms with Gasteiger partial charge in [-0.15, -0.1) is 5.10 Å². The fraction of sp³-hybridized carbons (Fsp3) is 0.300. The average molecular weight is 409 g/mol. The Balaban J connectivity index is 1.80. The number of aryl methyl sites for hydroxylation is 1. The molecule has 10 nitrogen and oxygen atoms in total. The molecule has 0 aliphatic heterocycles. The maximum absolute atomic E-state index is 11.6. The lowest BCUT2D eigenvalue weighted by Gasteiger charge is -2.20. The molecule has 0 atom stereocenters. The van der Waals surface area contributed by atoms with Gasteiger partial charge in [0.25, 0.3) is 0 Å². The zero-order valence-electron chi connectivity index (χ0n) is 17.0. The lowest BCUT2D eigenvalue weighted by Crippen LogP contribution is -2.33. The summed E-state index contributed by atoms with van der Waals surface area (Å²) in [7, 11) is 1.72. The molecule has 1 aromatic carbocycles. The molecule has 0 radical (unpaired) electrons. The van der Waals surface area contributed by atoms with Crippen LogP contribution in [0.2, 0.25) is 0 Å². The van der Waals surface area contributed by atoms with Crippen molar-refractivity contribution in [2.45, 2.75) is 20.5 Å². The third-order valence-corrected chi connectivity index (χ3v) is 4.09. The molecule has 0 aliphatic carbocycles. The maximum Gasteiger partial charge on any atom is 0.413 e. The molecule has 156 valence electrons. The Bertz CT molecular complexity index is 1020. The lowest BCUT2D eigenvalue weighted by molar-refractivity contribution is 0.128. The van der Waals surface area contributed by atoms with Crippen molar-refractivity contribution in [2.75, 3.05) is 11.4 Å². The van der Waals surface area contributed by atoms with Crippen molar-refractivity contribution in [2.24, 2.45) is 18.1 Å². The van der Waals surface area contributed by atoms with E-state index in [1.54, 1.807) is 25.2 Å². The number of hydrogen-bond donors (Lipinski definition) is 1. The van der Waals surface area contributed by atoms with Crippen molar-refractivity contribution in [3.05, 3.63) is 65.6 Å². The van der Waals surface area contributed by atoms with Gasteiger partial charge in [0.1, 0.15) is 5.82 Å². The number of hydrogen-bond acceptors (Lipinski definition) is 7. The number of oxime groups is 1. The van der Waals surface area contributed by atoms with Crippen LogP contribution in [0, 0.1) is 5.92 Å². The molecule has 0 spiro atoms. The maximum atomic E-state index is 11.6. The van der Waals surface area contributed by atoms with E-state index in [2.05, 4.69) is 25.7 Å². The molecule has 0 bridgehead atoms. The van der Waals surface area contributed by atoms with E-state index in [1.165, 1.54) is 9.58 Å². The van der Waals surface area contributed by atoms with Crippen LogP contribution < -0.4 is 4.90 Å². The van der Waals surface area contributed by atoms with Gasteiger partial charge in [0.05, 0.1) is 5.69 Å². The van der Waals surface area contributed by atoms with Crippen molar-refractivity contribution in [3.8, 4) is 0 Å². The van der Waals surface area contributed by atoms with Crippen molar-refractivity contribution in [1.82, 2.24) is 25.2 Å². The fourth-order valence-electron chi connectivity index (χ4n) is 2.74. The van der Waals surface area contributed by atoms with Crippen LogP contribution in [0.15, 0.2) is 53.7 Å². The number of aromatic nitrogens is 5. The van der Waals surface area contributed by atoms with Gasteiger partial charge in [-0.1, -0.05) is 55.4 Å². The largest absolute Gasteiger partial charge is 0.465 e. The third-order valence-electron chi connectivity index (χ3n) is 4.09. The highest BCUT2D eigenvalue weighted by molar-refractivity contribution is 6.10. The zero-order valence-corrected chi connectivity index (χ0v) is 17.0. The molecule has 0 saturated heterocycles. The van der Waals surface area contributed by atoms with E-state index in [9.17, 15) is 9.90 Å². The Morgan fingerprint density at radius 3 is 2.60 bits per heavy atom. The highest BCUT2D eigenvalue weighted by Gasteiger charge is 2.18. The van der Waals surface area contributed by atoms with Crippen LogP contribution in [0.5, 0.6) is 0 Å². The van der Waals surface area contributed by atoms with Crippen molar-refractivity contribution in [1.29, 1.82) is 0 Å². The van der Waals surface area contributed by atoms with Gasteiger partial charge in [-0.3, -0.25) is 4.90 Å². The number of tetrazole rings is 1. The quantitative estimate of drug-likeness (QED) is 0.449. The molecule has 3 aromatic rings. The first kappa shape index (κ1) is 20.9. The zero-order chi connectivity index (χ0) is 21.5. The standard InChI is InChI=1S/C20H23N7O3/c1-14(2)12-27(20(28)29)17-11-7-10-16(21-17)13-30-23-18(15-8-5-4-6-9-15)19-22-24-25-26(19)3/h4-11,14H,12-13H2,1-3H3,(H,28,29). The summed E-state index contributed by atoms with van der Waals surface area (Å²) in [6.07, 6.45) is -1.05. The SMILES string of the molecule is CC(C)CN(C(=O)O)c1cccc(CON=C(c2ccccc2)c2nnnn2C)n1. The van der Waals surface area contributed by atoms with Crippen LogP contribution >= 0.6 is 0 Å². The molecule has 1 amide bonds. The summed E-state index contributed by atoms with van der Waals surface area (Å²) >= 11 is 0. The predicted molar refractivity (Wildman–Crippen MR) is 110 cm³/mol. The van der Waals surface area contributed by atoms with E-state index >= 15 is 0 Å². The summed E-state index contributed by atoms with van der Waals surface area (Å²) in [6.45, 7) is 4.31. The Kier molecular flexibility index (Phi) is 6.68. The predicted octanol–water partition coefficient (Wildman–Crippen LogP) is 2.71. The third kappa shape index (κ3) is 5.16. The molecule has 0 fully saturated rings. The van der Waals surface area contributed by atoms with E-state index in [0.717, 1.165) is 5.56 Å². The highest BCUT2D eigenvalue weighted by atomic mass is 16.6. The van der Waals surface area contributed by atoms with Crippen LogP contribution in [0.3, 0.4) is 0 Å². The number of rotatable bonds is 8. The normalized spacial score (nSPS) is 11.5. The molecule has 0 saturated carbocycles. The minimum atomic E-state index is -1.05. The average Bonchev–Trinajstić information content (AvgIpc) is 3.15. The van der Waals surface area contributed by atoms with E-state index in [-0.39, 0.29) is 12.5 Å². The van der Waals surface area contributed by atoms with Gasteiger partial charge in [0, 0.05) is 19.2 Å². The number of amides is 1. The smallest absolute Gasteiger partial charge is 0.413 e. The second-order valence-electron chi connectivity index (χ2n) is 6.98. The molecular weight excluding hydrogens is 386 g/mol. The fourth-order valence-corrected chi connectivity index (χ4v) is 2.74. The van der Waals surface area contributed by atoms with E-state index in [4.69, 9.17) is 4.84 Å². The summed E-state index contributed by atoms with van der Waals surface area (Å²) < 4.78 is 1.50. The Morgan fingerprint density at radius 2 is 1.97 bits per heavy atom. The molecule has 0 aliphatic rings. The summed E-state index contributed by atoms with van der Waals surface area (Å²) in [5.41, 5.74) is 1.83. The van der Waals surface area contributed by atoms with Gasteiger partial charge in [0.2, 0.25) is 5.82 Å². The second kappa shape index (κ2) is 9.59. The summed E-state index contributed by atoms with van der Waals surface area (Å²) in [4.78, 5) is 22.7. The van der Waals surface area contributed by atoms with Crippen molar-refractivity contribution < 1.29 is 14.7 Å². The van der Waals surface area contributed by atoms with Gasteiger partial charge in [-0.05, 0) is 28.5 Å². The van der Waals surface area contributed by atoms with Gasteiger partial charge in [-0.2, -0.15) is 0 Å². The minimum Gasteiger partial charge on any atom is -0.465 e. The first-order valence-electron chi connectivity index (χ1n) is 9.40. The van der Waals surface area contributed by atoms with Crippen LogP contribution in [0.25, 0.3) is 0 Å². The van der Waals surface area contributed by atoms with Crippen LogP contribution in [0.1, 0.15) is 30.9 Å². The van der Waals surface area contributed by atoms with Gasteiger partial charge in [0.15, 0.2) is 12.3 Å². The summed E-state index contributed by atoms with van der Waals surface area (Å²) in [5.74, 6) is 0.972. The molecule has 10 heteroatoms.